The number of hydrogen-bond donors (Lipinski definition) is 1. The molecule has 1 N–H and O–H groups in total. The van der Waals surface area contributed by atoms with Crippen LogP contribution in [0.1, 0.15) is 33.6 Å². The van der Waals surface area contributed by atoms with Crippen molar-refractivity contribution in [2.45, 2.75) is 51.3 Å². The highest BCUT2D eigenvalue weighted by Crippen LogP contribution is 2.40. The van der Waals surface area contributed by atoms with Crippen molar-refractivity contribution in [1.82, 2.24) is 25.1 Å². The third-order valence-corrected chi connectivity index (χ3v) is 6.72. The largest absolute Gasteiger partial charge is 0.488 e. The van der Waals surface area contributed by atoms with Crippen LogP contribution in [0.5, 0.6) is 5.75 Å². The lowest BCUT2D eigenvalue weighted by Gasteiger charge is -2.43. The first-order valence-electron chi connectivity index (χ1n) is 11.4. The summed E-state index contributed by atoms with van der Waals surface area (Å²) < 4.78 is 11.5. The number of rotatable bonds is 7. The number of nitrogens with one attached hydrogen (secondary N) is 1. The van der Waals surface area contributed by atoms with Gasteiger partial charge in [0, 0.05) is 50.3 Å². The fourth-order valence-corrected chi connectivity index (χ4v) is 4.64. The number of ether oxygens (including phenoxy) is 2. The number of H-pyrrole nitrogens is 1. The lowest BCUT2D eigenvalue weighted by molar-refractivity contribution is 0.0678. The number of aromatic nitrogens is 4. The van der Waals surface area contributed by atoms with E-state index in [4.69, 9.17) is 9.47 Å². The Morgan fingerprint density at radius 3 is 2.81 bits per heavy atom. The summed E-state index contributed by atoms with van der Waals surface area (Å²) in [6, 6.07) is 8.97. The molecule has 1 aliphatic carbocycles. The third-order valence-electron chi connectivity index (χ3n) is 6.72. The molecule has 2 fully saturated rings. The smallest absolute Gasteiger partial charge is 0.132 e. The van der Waals surface area contributed by atoms with Crippen LogP contribution in [0.4, 0.5) is 5.82 Å². The van der Waals surface area contributed by atoms with E-state index in [1.807, 2.05) is 18.2 Å². The Morgan fingerprint density at radius 1 is 1.22 bits per heavy atom. The molecule has 2 aliphatic rings. The van der Waals surface area contributed by atoms with Gasteiger partial charge in [-0.3, -0.25) is 10.00 Å². The van der Waals surface area contributed by atoms with Crippen molar-refractivity contribution < 1.29 is 9.47 Å². The van der Waals surface area contributed by atoms with Gasteiger partial charge in [0.25, 0.3) is 0 Å². The van der Waals surface area contributed by atoms with Crippen LogP contribution < -0.4 is 9.64 Å². The second-order valence-electron chi connectivity index (χ2n) is 9.43. The molecule has 2 aromatic heterocycles. The molecule has 1 aromatic carbocycles. The molecule has 32 heavy (non-hydrogen) atoms. The number of methoxy groups -OCH3 is 1. The molecular weight excluding hydrogens is 404 g/mol. The summed E-state index contributed by atoms with van der Waals surface area (Å²) in [7, 11) is 1.76. The summed E-state index contributed by atoms with van der Waals surface area (Å²) in [5.41, 5.74) is 2.61. The fourth-order valence-electron chi connectivity index (χ4n) is 4.64. The van der Waals surface area contributed by atoms with Gasteiger partial charge in [-0.1, -0.05) is 0 Å². The van der Waals surface area contributed by atoms with E-state index in [1.54, 1.807) is 13.4 Å². The van der Waals surface area contributed by atoms with Gasteiger partial charge in [-0.2, -0.15) is 5.10 Å². The zero-order valence-electron chi connectivity index (χ0n) is 19.3. The zero-order chi connectivity index (χ0) is 22.3. The van der Waals surface area contributed by atoms with Gasteiger partial charge in [0.05, 0.1) is 17.8 Å². The van der Waals surface area contributed by atoms with Crippen LogP contribution in [-0.2, 0) is 4.74 Å². The van der Waals surface area contributed by atoms with Gasteiger partial charge in [-0.05, 0) is 51.8 Å². The standard InChI is InChI=1S/C24H32N6O2/c1-16-13-29(9-10-30(16)17(2)14-31-4)22-12-21(25-15-26-22)23-19-11-18(32-24(3)7-8-24)5-6-20(19)27-28-23/h5-6,11-12,15-17H,7-10,13-14H2,1-4H3,(H,27,28)/t16-,17?/m0/s1. The first-order chi connectivity index (χ1) is 15.5. The van der Waals surface area contributed by atoms with E-state index in [0.717, 1.165) is 72.9 Å². The zero-order valence-corrected chi connectivity index (χ0v) is 19.3. The first-order valence-corrected chi connectivity index (χ1v) is 11.4. The number of benzene rings is 1. The van der Waals surface area contributed by atoms with Crippen LogP contribution in [0.2, 0.25) is 0 Å². The summed E-state index contributed by atoms with van der Waals surface area (Å²) >= 11 is 0. The van der Waals surface area contributed by atoms with Gasteiger partial charge >= 0.3 is 0 Å². The molecule has 0 radical (unpaired) electrons. The highest BCUT2D eigenvalue weighted by molar-refractivity contribution is 5.93. The normalized spacial score (nSPS) is 21.6. The third kappa shape index (κ3) is 4.17. The lowest BCUT2D eigenvalue weighted by atomic mass is 10.1. The van der Waals surface area contributed by atoms with Gasteiger partial charge < -0.3 is 14.4 Å². The quantitative estimate of drug-likeness (QED) is 0.607. The number of nitrogens with zero attached hydrogens (tertiary/aromatic N) is 5. The molecule has 1 saturated heterocycles. The average molecular weight is 437 g/mol. The van der Waals surface area contributed by atoms with Crippen LogP contribution in [0.25, 0.3) is 22.3 Å². The van der Waals surface area contributed by atoms with E-state index in [0.29, 0.717) is 12.1 Å². The lowest BCUT2D eigenvalue weighted by Crippen LogP contribution is -2.56. The van der Waals surface area contributed by atoms with E-state index in [-0.39, 0.29) is 5.60 Å². The molecule has 170 valence electrons. The van der Waals surface area contributed by atoms with Crippen molar-refractivity contribution in [2.24, 2.45) is 0 Å². The molecule has 0 spiro atoms. The van der Waals surface area contributed by atoms with Gasteiger partial charge in [0.2, 0.25) is 0 Å². The maximum atomic E-state index is 6.16. The highest BCUT2D eigenvalue weighted by atomic mass is 16.5. The molecule has 5 rings (SSSR count). The summed E-state index contributed by atoms with van der Waals surface area (Å²) in [4.78, 5) is 14.0. The van der Waals surface area contributed by atoms with E-state index >= 15 is 0 Å². The van der Waals surface area contributed by atoms with E-state index in [1.165, 1.54) is 0 Å². The average Bonchev–Trinajstić information content (AvgIpc) is 3.36. The van der Waals surface area contributed by atoms with Gasteiger partial charge in [-0.15, -0.1) is 0 Å². The second-order valence-corrected chi connectivity index (χ2v) is 9.43. The molecule has 3 heterocycles. The summed E-state index contributed by atoms with van der Waals surface area (Å²) in [6.07, 6.45) is 3.85. The first kappa shape index (κ1) is 21.2. The van der Waals surface area contributed by atoms with Crippen molar-refractivity contribution in [3.63, 3.8) is 0 Å². The number of piperazine rings is 1. The predicted octanol–water partition coefficient (Wildman–Crippen LogP) is 3.50. The van der Waals surface area contributed by atoms with Crippen molar-refractivity contribution >= 4 is 16.7 Å². The van der Waals surface area contributed by atoms with Gasteiger partial charge in [0.15, 0.2) is 0 Å². The molecular formula is C24H32N6O2. The minimum atomic E-state index is -0.0146. The van der Waals surface area contributed by atoms with Crippen molar-refractivity contribution in [3.8, 4) is 17.1 Å². The minimum absolute atomic E-state index is 0.0146. The molecule has 8 nitrogen and oxygen atoms in total. The summed E-state index contributed by atoms with van der Waals surface area (Å²) in [6.45, 7) is 10.2. The van der Waals surface area contributed by atoms with Crippen LogP contribution in [-0.4, -0.2) is 76.1 Å². The Kier molecular flexibility index (Phi) is 5.51. The molecule has 1 saturated carbocycles. The summed E-state index contributed by atoms with van der Waals surface area (Å²) in [5.74, 6) is 1.82. The van der Waals surface area contributed by atoms with Gasteiger partial charge in [-0.25, -0.2) is 9.97 Å². The minimum Gasteiger partial charge on any atom is -0.488 e. The van der Waals surface area contributed by atoms with Crippen molar-refractivity contribution in [2.75, 3.05) is 38.3 Å². The Labute approximate surface area is 188 Å². The highest BCUT2D eigenvalue weighted by Gasteiger charge is 2.40. The number of hydrogen-bond acceptors (Lipinski definition) is 7. The van der Waals surface area contributed by atoms with Crippen LogP contribution >= 0.6 is 0 Å². The Hall–Kier alpha value is -2.71. The number of anilines is 1. The maximum Gasteiger partial charge on any atom is 0.132 e. The molecule has 1 unspecified atom stereocenters. The SMILES string of the molecule is COCC(C)N1CCN(c2cc(-c3n[nH]c4ccc(OC5(C)CC5)cc34)ncn2)C[C@@H]1C. The van der Waals surface area contributed by atoms with E-state index in [9.17, 15) is 0 Å². The fraction of sp³-hybridized carbons (Fsp3) is 0.542. The Bertz CT molecular complexity index is 1100. The van der Waals surface area contributed by atoms with E-state index < -0.39 is 0 Å². The van der Waals surface area contributed by atoms with Crippen molar-refractivity contribution in [3.05, 3.63) is 30.6 Å². The molecule has 0 bridgehead atoms. The van der Waals surface area contributed by atoms with Crippen LogP contribution in [0.3, 0.4) is 0 Å². The number of aromatic amines is 1. The van der Waals surface area contributed by atoms with Crippen LogP contribution in [0, 0.1) is 0 Å². The molecule has 8 heteroatoms. The molecule has 2 atom stereocenters. The van der Waals surface area contributed by atoms with E-state index in [2.05, 4.69) is 56.8 Å². The maximum absolute atomic E-state index is 6.16. The number of fused-ring (bicyclic) bond motifs is 1. The topological polar surface area (TPSA) is 79.4 Å². The van der Waals surface area contributed by atoms with Crippen LogP contribution in [0.15, 0.2) is 30.6 Å². The predicted molar refractivity (Wildman–Crippen MR) is 125 cm³/mol. The Morgan fingerprint density at radius 2 is 2.06 bits per heavy atom. The second kappa shape index (κ2) is 8.33. The summed E-state index contributed by atoms with van der Waals surface area (Å²) in [5, 5.41) is 8.71. The molecule has 3 aromatic rings. The molecule has 0 amide bonds. The van der Waals surface area contributed by atoms with Gasteiger partial charge in [0.1, 0.15) is 29.2 Å². The van der Waals surface area contributed by atoms with Crippen molar-refractivity contribution in [1.29, 1.82) is 0 Å². The monoisotopic (exact) mass is 436 g/mol. The molecule has 1 aliphatic heterocycles. The Balaban J connectivity index is 1.37.